The lowest BCUT2D eigenvalue weighted by Gasteiger charge is -2.08. The van der Waals surface area contributed by atoms with Crippen molar-refractivity contribution in [3.05, 3.63) is 29.8 Å². The fourth-order valence-electron chi connectivity index (χ4n) is 1.41. The molecule has 16 heavy (non-hydrogen) atoms. The second-order valence-electron chi connectivity index (χ2n) is 3.66. The van der Waals surface area contributed by atoms with Crippen LogP contribution in [0.3, 0.4) is 0 Å². The van der Waals surface area contributed by atoms with Gasteiger partial charge >= 0.3 is 0 Å². The second-order valence-corrected chi connectivity index (χ2v) is 5.39. The number of hydrogen-bond donors (Lipinski definition) is 2. The first-order valence-corrected chi connectivity index (χ1v) is 6.81. The van der Waals surface area contributed by atoms with E-state index in [1.54, 1.807) is 25.1 Å². The number of nitrogens with two attached hydrogens (primary N) is 1. The lowest BCUT2D eigenvalue weighted by Crippen LogP contribution is -2.25. The van der Waals surface area contributed by atoms with Gasteiger partial charge in [0.25, 0.3) is 0 Å². The van der Waals surface area contributed by atoms with Crippen molar-refractivity contribution in [2.75, 3.05) is 13.1 Å². The third-order valence-corrected chi connectivity index (χ3v) is 3.93. The van der Waals surface area contributed by atoms with E-state index in [1.807, 2.05) is 6.07 Å². The van der Waals surface area contributed by atoms with E-state index in [4.69, 9.17) is 5.73 Å². The fourth-order valence-corrected chi connectivity index (χ4v) is 2.73. The molecule has 0 saturated heterocycles. The van der Waals surface area contributed by atoms with Crippen molar-refractivity contribution in [3.63, 3.8) is 0 Å². The van der Waals surface area contributed by atoms with Crippen molar-refractivity contribution in [2.24, 2.45) is 5.73 Å². The van der Waals surface area contributed by atoms with Crippen molar-refractivity contribution < 1.29 is 8.42 Å². The van der Waals surface area contributed by atoms with Gasteiger partial charge in [-0.3, -0.25) is 0 Å². The number of unbranched alkanes of at least 4 members (excludes halogenated alkanes) is 1. The van der Waals surface area contributed by atoms with Gasteiger partial charge in [0.15, 0.2) is 0 Å². The van der Waals surface area contributed by atoms with E-state index < -0.39 is 10.0 Å². The highest BCUT2D eigenvalue weighted by atomic mass is 32.2. The van der Waals surface area contributed by atoms with Crippen LogP contribution in [-0.4, -0.2) is 21.5 Å². The molecule has 0 aliphatic rings. The number of rotatable bonds is 6. The maximum absolute atomic E-state index is 11.9. The van der Waals surface area contributed by atoms with Gasteiger partial charge in [-0.25, -0.2) is 13.1 Å². The van der Waals surface area contributed by atoms with E-state index in [2.05, 4.69) is 4.72 Å². The van der Waals surface area contributed by atoms with Crippen LogP contribution in [0.5, 0.6) is 0 Å². The molecule has 0 heterocycles. The molecule has 5 heteroatoms. The summed E-state index contributed by atoms with van der Waals surface area (Å²) in [6.07, 6.45) is 1.60. The van der Waals surface area contributed by atoms with E-state index in [0.717, 1.165) is 18.4 Å². The molecule has 0 saturated carbocycles. The average molecular weight is 242 g/mol. The zero-order valence-corrected chi connectivity index (χ0v) is 10.3. The summed E-state index contributed by atoms with van der Waals surface area (Å²) in [5, 5.41) is 0. The standard InChI is InChI=1S/C11H18N2O2S/c1-10-6-2-3-7-11(10)16(14,15)13-9-5-4-8-12/h2-3,6-7,13H,4-5,8-9,12H2,1H3. The molecular weight excluding hydrogens is 224 g/mol. The van der Waals surface area contributed by atoms with Crippen LogP contribution in [0.15, 0.2) is 29.2 Å². The van der Waals surface area contributed by atoms with Gasteiger partial charge in [-0.1, -0.05) is 18.2 Å². The number of hydrogen-bond acceptors (Lipinski definition) is 3. The molecule has 0 atom stereocenters. The summed E-state index contributed by atoms with van der Waals surface area (Å²) in [6, 6.07) is 6.94. The first-order valence-electron chi connectivity index (χ1n) is 5.33. The summed E-state index contributed by atoms with van der Waals surface area (Å²) < 4.78 is 26.3. The topological polar surface area (TPSA) is 72.2 Å². The van der Waals surface area contributed by atoms with Crippen LogP contribution in [0.4, 0.5) is 0 Å². The highest BCUT2D eigenvalue weighted by molar-refractivity contribution is 7.89. The Labute approximate surface area is 96.9 Å². The normalized spacial score (nSPS) is 11.6. The minimum atomic E-state index is -3.36. The molecule has 0 bridgehead atoms. The summed E-state index contributed by atoms with van der Waals surface area (Å²) in [5.41, 5.74) is 6.09. The van der Waals surface area contributed by atoms with Gasteiger partial charge < -0.3 is 5.73 Å². The zero-order chi connectivity index (χ0) is 12.0. The van der Waals surface area contributed by atoms with Gasteiger partial charge in [-0.05, 0) is 37.9 Å². The van der Waals surface area contributed by atoms with Crippen molar-refractivity contribution in [1.29, 1.82) is 0 Å². The Bertz CT molecular complexity index is 429. The summed E-state index contributed by atoms with van der Waals surface area (Å²) in [5.74, 6) is 0. The smallest absolute Gasteiger partial charge is 0.240 e. The quantitative estimate of drug-likeness (QED) is 0.731. The zero-order valence-electron chi connectivity index (χ0n) is 9.44. The van der Waals surface area contributed by atoms with Crippen LogP contribution in [0, 0.1) is 6.92 Å². The third-order valence-electron chi connectivity index (χ3n) is 2.31. The molecule has 0 aromatic heterocycles. The van der Waals surface area contributed by atoms with E-state index in [1.165, 1.54) is 0 Å². The minimum Gasteiger partial charge on any atom is -0.330 e. The van der Waals surface area contributed by atoms with Gasteiger partial charge in [0, 0.05) is 6.54 Å². The molecule has 0 radical (unpaired) electrons. The molecule has 0 fully saturated rings. The van der Waals surface area contributed by atoms with Gasteiger partial charge in [0.1, 0.15) is 0 Å². The van der Waals surface area contributed by atoms with E-state index in [0.29, 0.717) is 18.0 Å². The number of aryl methyl sites for hydroxylation is 1. The van der Waals surface area contributed by atoms with Gasteiger partial charge in [0.2, 0.25) is 10.0 Å². The van der Waals surface area contributed by atoms with Crippen molar-refractivity contribution in [2.45, 2.75) is 24.7 Å². The third kappa shape index (κ3) is 3.59. The number of benzene rings is 1. The van der Waals surface area contributed by atoms with Crippen molar-refractivity contribution >= 4 is 10.0 Å². The Morgan fingerprint density at radius 3 is 2.56 bits per heavy atom. The molecule has 0 aliphatic carbocycles. The molecule has 3 N–H and O–H groups in total. The van der Waals surface area contributed by atoms with Crippen LogP contribution in [0.2, 0.25) is 0 Å². The molecular formula is C11H18N2O2S. The van der Waals surface area contributed by atoms with Crippen molar-refractivity contribution in [3.8, 4) is 0 Å². The Hall–Kier alpha value is -0.910. The van der Waals surface area contributed by atoms with Gasteiger partial charge in [-0.2, -0.15) is 0 Å². The van der Waals surface area contributed by atoms with Gasteiger partial charge in [0.05, 0.1) is 4.90 Å². The lowest BCUT2D eigenvalue weighted by molar-refractivity contribution is 0.576. The largest absolute Gasteiger partial charge is 0.330 e. The fraction of sp³-hybridized carbons (Fsp3) is 0.455. The predicted molar refractivity (Wildman–Crippen MR) is 64.7 cm³/mol. The minimum absolute atomic E-state index is 0.350. The number of nitrogens with one attached hydrogen (secondary N) is 1. The summed E-state index contributed by atoms with van der Waals surface area (Å²) >= 11 is 0. The molecule has 1 rings (SSSR count). The predicted octanol–water partition coefficient (Wildman–Crippen LogP) is 1.01. The SMILES string of the molecule is Cc1ccccc1S(=O)(=O)NCCCCN. The molecule has 0 aliphatic heterocycles. The van der Waals surface area contributed by atoms with E-state index >= 15 is 0 Å². The Kier molecular flexibility index (Phi) is 4.92. The Balaban J connectivity index is 2.68. The summed E-state index contributed by atoms with van der Waals surface area (Å²) in [6.45, 7) is 2.81. The lowest BCUT2D eigenvalue weighted by atomic mass is 10.2. The summed E-state index contributed by atoms with van der Waals surface area (Å²) in [4.78, 5) is 0.350. The highest BCUT2D eigenvalue weighted by Gasteiger charge is 2.14. The van der Waals surface area contributed by atoms with Gasteiger partial charge in [-0.15, -0.1) is 0 Å². The monoisotopic (exact) mass is 242 g/mol. The molecule has 1 aromatic carbocycles. The maximum Gasteiger partial charge on any atom is 0.240 e. The Morgan fingerprint density at radius 1 is 1.25 bits per heavy atom. The molecule has 0 spiro atoms. The Morgan fingerprint density at radius 2 is 1.94 bits per heavy atom. The van der Waals surface area contributed by atoms with E-state index in [-0.39, 0.29) is 0 Å². The molecule has 0 amide bonds. The molecule has 0 unspecified atom stereocenters. The summed E-state index contributed by atoms with van der Waals surface area (Å²) in [7, 11) is -3.36. The second kappa shape index (κ2) is 5.98. The van der Waals surface area contributed by atoms with Crippen LogP contribution < -0.4 is 10.5 Å². The average Bonchev–Trinajstić information content (AvgIpc) is 2.25. The van der Waals surface area contributed by atoms with E-state index in [9.17, 15) is 8.42 Å². The first-order chi connectivity index (χ1) is 7.58. The molecule has 1 aromatic rings. The molecule has 90 valence electrons. The number of sulfonamides is 1. The maximum atomic E-state index is 11.9. The van der Waals surface area contributed by atoms with Crippen LogP contribution >= 0.6 is 0 Å². The molecule has 4 nitrogen and oxygen atoms in total. The first kappa shape index (κ1) is 13.2. The van der Waals surface area contributed by atoms with Crippen LogP contribution in [0.1, 0.15) is 18.4 Å². The highest BCUT2D eigenvalue weighted by Crippen LogP contribution is 2.13. The van der Waals surface area contributed by atoms with Crippen molar-refractivity contribution in [1.82, 2.24) is 4.72 Å². The van der Waals surface area contributed by atoms with Crippen LogP contribution in [-0.2, 0) is 10.0 Å². The van der Waals surface area contributed by atoms with Crippen LogP contribution in [0.25, 0.3) is 0 Å².